The van der Waals surface area contributed by atoms with E-state index in [2.05, 4.69) is 4.90 Å². The van der Waals surface area contributed by atoms with E-state index in [0.29, 0.717) is 17.9 Å². The smallest absolute Gasteiger partial charge is 0.169 e. The van der Waals surface area contributed by atoms with Gasteiger partial charge in [0.15, 0.2) is 5.82 Å². The summed E-state index contributed by atoms with van der Waals surface area (Å²) in [5.41, 5.74) is 12.1. The van der Waals surface area contributed by atoms with Crippen molar-refractivity contribution in [3.05, 3.63) is 16.9 Å². The van der Waals surface area contributed by atoms with Crippen LogP contribution in [0.4, 0.5) is 21.5 Å². The number of hydrogen-bond acceptors (Lipinski definition) is 4. The predicted octanol–water partition coefficient (Wildman–Crippen LogP) is 2.03. The van der Waals surface area contributed by atoms with Crippen LogP contribution in [0.1, 0.15) is 6.42 Å². The van der Waals surface area contributed by atoms with E-state index in [1.165, 1.54) is 6.07 Å². The summed E-state index contributed by atoms with van der Waals surface area (Å²) in [6.07, 6.45) is 0.907. The molecule has 0 saturated carbocycles. The van der Waals surface area contributed by atoms with Gasteiger partial charge in [0.25, 0.3) is 0 Å². The van der Waals surface area contributed by atoms with Crippen molar-refractivity contribution < 1.29 is 4.39 Å². The van der Waals surface area contributed by atoms with Gasteiger partial charge in [-0.05, 0) is 33.1 Å². The van der Waals surface area contributed by atoms with Crippen molar-refractivity contribution in [3.8, 4) is 0 Å². The van der Waals surface area contributed by atoms with Crippen LogP contribution >= 0.6 is 11.6 Å². The van der Waals surface area contributed by atoms with Crippen LogP contribution in [-0.4, -0.2) is 39.1 Å². The van der Waals surface area contributed by atoms with Crippen molar-refractivity contribution in [1.29, 1.82) is 0 Å². The van der Waals surface area contributed by atoms with Gasteiger partial charge in [0, 0.05) is 13.6 Å². The molecule has 0 amide bonds. The molecule has 1 aromatic carbocycles. The largest absolute Gasteiger partial charge is 0.397 e. The van der Waals surface area contributed by atoms with Gasteiger partial charge < -0.3 is 21.3 Å². The van der Waals surface area contributed by atoms with Crippen molar-refractivity contribution in [2.45, 2.75) is 6.42 Å². The molecule has 1 aromatic rings. The lowest BCUT2D eigenvalue weighted by Gasteiger charge is -2.23. The van der Waals surface area contributed by atoms with E-state index in [0.717, 1.165) is 13.0 Å². The fraction of sp³-hybridized carbons (Fsp3) is 0.500. The fourth-order valence-electron chi connectivity index (χ4n) is 1.78. The minimum atomic E-state index is -0.554. The third-order valence-electron chi connectivity index (χ3n) is 2.72. The lowest BCUT2D eigenvalue weighted by atomic mass is 10.2. The molecule has 4 nitrogen and oxygen atoms in total. The molecule has 1 rings (SSSR count). The number of anilines is 3. The summed E-state index contributed by atoms with van der Waals surface area (Å²) >= 11 is 5.79. The molecule has 0 saturated heterocycles. The first-order valence-electron chi connectivity index (χ1n) is 5.73. The van der Waals surface area contributed by atoms with Gasteiger partial charge in [-0.2, -0.15) is 0 Å². The predicted molar refractivity (Wildman–Crippen MR) is 76.7 cm³/mol. The first-order chi connectivity index (χ1) is 8.34. The van der Waals surface area contributed by atoms with Gasteiger partial charge in [0.05, 0.1) is 17.1 Å². The van der Waals surface area contributed by atoms with Crippen molar-refractivity contribution in [3.63, 3.8) is 0 Å². The molecule has 18 heavy (non-hydrogen) atoms. The number of halogens is 2. The molecule has 0 spiro atoms. The maximum Gasteiger partial charge on any atom is 0.169 e. The molecule has 102 valence electrons. The molecular formula is C12H20ClFN4. The number of nitrogens with two attached hydrogens (primary N) is 2. The quantitative estimate of drug-likeness (QED) is 0.807. The zero-order valence-corrected chi connectivity index (χ0v) is 11.8. The maximum absolute atomic E-state index is 14.0. The second-order valence-electron chi connectivity index (χ2n) is 4.61. The molecule has 0 aliphatic heterocycles. The molecule has 6 heteroatoms. The molecule has 0 aromatic heterocycles. The normalized spacial score (nSPS) is 11.0. The van der Waals surface area contributed by atoms with Crippen LogP contribution in [0.2, 0.25) is 5.02 Å². The third kappa shape index (κ3) is 3.40. The van der Waals surface area contributed by atoms with Gasteiger partial charge >= 0.3 is 0 Å². The zero-order valence-electron chi connectivity index (χ0n) is 11.0. The van der Waals surface area contributed by atoms with Crippen LogP contribution in [0.5, 0.6) is 0 Å². The SMILES string of the molecule is CN(C)CCCN(C)c1c(N)cc(N)c(Cl)c1F. The molecule has 0 atom stereocenters. The maximum atomic E-state index is 14.0. The van der Waals surface area contributed by atoms with Gasteiger partial charge in [-0.3, -0.25) is 0 Å². The highest BCUT2D eigenvalue weighted by atomic mass is 35.5. The Bertz CT molecular complexity index is 423. The van der Waals surface area contributed by atoms with Crippen LogP contribution in [0.3, 0.4) is 0 Å². The number of hydrogen-bond donors (Lipinski definition) is 2. The Hall–Kier alpha value is -1.20. The highest BCUT2D eigenvalue weighted by molar-refractivity contribution is 6.33. The van der Waals surface area contributed by atoms with Crippen LogP contribution in [0.15, 0.2) is 6.07 Å². The van der Waals surface area contributed by atoms with E-state index >= 15 is 0 Å². The fourth-order valence-corrected chi connectivity index (χ4v) is 1.92. The minimum Gasteiger partial charge on any atom is -0.397 e. The lowest BCUT2D eigenvalue weighted by Crippen LogP contribution is -2.25. The zero-order chi connectivity index (χ0) is 13.9. The second-order valence-corrected chi connectivity index (χ2v) is 4.99. The van der Waals surface area contributed by atoms with Crippen molar-refractivity contribution in [2.24, 2.45) is 0 Å². The Morgan fingerprint density at radius 2 is 1.78 bits per heavy atom. The van der Waals surface area contributed by atoms with Crippen molar-refractivity contribution in [1.82, 2.24) is 4.90 Å². The molecule has 0 bridgehead atoms. The molecule has 0 fully saturated rings. The summed E-state index contributed by atoms with van der Waals surface area (Å²) in [5.74, 6) is -0.554. The summed E-state index contributed by atoms with van der Waals surface area (Å²) in [4.78, 5) is 3.84. The summed E-state index contributed by atoms with van der Waals surface area (Å²) < 4.78 is 14.0. The van der Waals surface area contributed by atoms with Gasteiger partial charge in [-0.25, -0.2) is 4.39 Å². The highest BCUT2D eigenvalue weighted by Crippen LogP contribution is 2.35. The summed E-state index contributed by atoms with van der Waals surface area (Å²) in [6.45, 7) is 1.62. The van der Waals surface area contributed by atoms with Crippen LogP contribution in [0.25, 0.3) is 0 Å². The molecule has 0 aliphatic rings. The number of nitrogen functional groups attached to an aromatic ring is 2. The Morgan fingerprint density at radius 3 is 2.33 bits per heavy atom. The average molecular weight is 275 g/mol. The molecular weight excluding hydrogens is 255 g/mol. The standard InChI is InChI=1S/C12H20ClFN4/c1-17(2)5-4-6-18(3)12-9(16)7-8(15)10(13)11(12)14/h7H,4-6,15-16H2,1-3H3. The van der Waals surface area contributed by atoms with E-state index in [1.807, 2.05) is 14.1 Å². The first kappa shape index (κ1) is 14.9. The minimum absolute atomic E-state index is 0.0707. The Balaban J connectivity index is 2.85. The van der Waals surface area contributed by atoms with Crippen LogP contribution in [-0.2, 0) is 0 Å². The topological polar surface area (TPSA) is 58.5 Å². The first-order valence-corrected chi connectivity index (χ1v) is 6.11. The lowest BCUT2D eigenvalue weighted by molar-refractivity contribution is 0.401. The van der Waals surface area contributed by atoms with Gasteiger partial charge in [-0.1, -0.05) is 11.6 Å². The Morgan fingerprint density at radius 1 is 1.17 bits per heavy atom. The summed E-state index contributed by atoms with van der Waals surface area (Å²) in [7, 11) is 5.78. The second kappa shape index (κ2) is 6.11. The van der Waals surface area contributed by atoms with Gasteiger partial charge in [-0.15, -0.1) is 0 Å². The monoisotopic (exact) mass is 274 g/mol. The molecule has 0 heterocycles. The third-order valence-corrected chi connectivity index (χ3v) is 3.10. The Labute approximate surface area is 112 Å². The highest BCUT2D eigenvalue weighted by Gasteiger charge is 2.17. The summed E-state index contributed by atoms with van der Waals surface area (Å²) in [5, 5.41) is -0.0707. The van der Waals surface area contributed by atoms with Crippen LogP contribution < -0.4 is 16.4 Å². The van der Waals surface area contributed by atoms with E-state index in [-0.39, 0.29) is 10.7 Å². The van der Waals surface area contributed by atoms with E-state index < -0.39 is 5.82 Å². The molecule has 0 radical (unpaired) electrons. The molecule has 4 N–H and O–H groups in total. The number of benzene rings is 1. The van der Waals surface area contributed by atoms with Gasteiger partial charge in [0.1, 0.15) is 5.02 Å². The van der Waals surface area contributed by atoms with E-state index in [4.69, 9.17) is 23.1 Å². The average Bonchev–Trinajstić information content (AvgIpc) is 2.25. The number of rotatable bonds is 5. The number of nitrogens with zero attached hydrogens (tertiary/aromatic N) is 2. The van der Waals surface area contributed by atoms with E-state index in [9.17, 15) is 4.39 Å². The van der Waals surface area contributed by atoms with E-state index in [1.54, 1.807) is 11.9 Å². The Kier molecular flexibility index (Phi) is 5.04. The van der Waals surface area contributed by atoms with Gasteiger partial charge in [0.2, 0.25) is 0 Å². The summed E-state index contributed by atoms with van der Waals surface area (Å²) in [6, 6.07) is 1.49. The van der Waals surface area contributed by atoms with Crippen molar-refractivity contribution in [2.75, 3.05) is 50.6 Å². The molecule has 0 unspecified atom stereocenters. The van der Waals surface area contributed by atoms with Crippen molar-refractivity contribution >= 4 is 28.7 Å². The molecule has 0 aliphatic carbocycles. The van der Waals surface area contributed by atoms with Crippen LogP contribution in [0, 0.1) is 5.82 Å².